The van der Waals surface area contributed by atoms with Crippen LogP contribution >= 0.6 is 11.6 Å². The van der Waals surface area contributed by atoms with E-state index in [-0.39, 0.29) is 12.4 Å². The predicted octanol–water partition coefficient (Wildman–Crippen LogP) is 2.52. The Kier molecular flexibility index (Phi) is 3.00. The van der Waals surface area contributed by atoms with Gasteiger partial charge in [0.15, 0.2) is 0 Å². The number of benzene rings is 1. The van der Waals surface area contributed by atoms with Crippen LogP contribution in [-0.2, 0) is 0 Å². The number of aromatic hydroxyl groups is 1. The van der Waals surface area contributed by atoms with Gasteiger partial charge in [-0.15, -0.1) is 0 Å². The molecule has 0 unspecified atom stereocenters. The summed E-state index contributed by atoms with van der Waals surface area (Å²) in [6, 6.07) is 6.42. The minimum Gasteiger partial charge on any atom is -0.508 e. The minimum atomic E-state index is 0.215. The van der Waals surface area contributed by atoms with E-state index >= 15 is 0 Å². The molecule has 0 radical (unpaired) electrons. The van der Waals surface area contributed by atoms with Gasteiger partial charge in [-0.25, -0.2) is 0 Å². The lowest BCUT2D eigenvalue weighted by Gasteiger charge is -2.03. The molecule has 0 saturated heterocycles. The zero-order valence-electron chi connectivity index (χ0n) is 6.46. The summed E-state index contributed by atoms with van der Waals surface area (Å²) < 4.78 is 5.18. The van der Waals surface area contributed by atoms with Gasteiger partial charge < -0.3 is 9.84 Å². The zero-order chi connectivity index (χ0) is 8.97. The van der Waals surface area contributed by atoms with Crippen molar-refractivity contribution in [2.24, 2.45) is 0 Å². The van der Waals surface area contributed by atoms with Gasteiger partial charge in [-0.05, 0) is 24.3 Å². The van der Waals surface area contributed by atoms with E-state index in [2.05, 4.69) is 6.58 Å². The molecule has 1 aromatic rings. The summed E-state index contributed by atoms with van der Waals surface area (Å²) in [4.78, 5) is 0. The Morgan fingerprint density at radius 3 is 2.50 bits per heavy atom. The van der Waals surface area contributed by atoms with Crippen LogP contribution in [0.4, 0.5) is 0 Å². The second-order valence-electron chi connectivity index (χ2n) is 2.30. The summed E-state index contributed by atoms with van der Waals surface area (Å²) in [6.45, 7) is 3.76. The highest BCUT2D eigenvalue weighted by Crippen LogP contribution is 2.16. The fourth-order valence-corrected chi connectivity index (χ4v) is 0.759. The highest BCUT2D eigenvalue weighted by molar-refractivity contribution is 6.29. The summed E-state index contributed by atoms with van der Waals surface area (Å²) in [6.07, 6.45) is 0. The standard InChI is InChI=1S/C9H9ClO2/c1-7(10)6-12-9-4-2-8(11)3-5-9/h2-5,11H,1,6H2. The van der Waals surface area contributed by atoms with Crippen molar-refractivity contribution in [1.82, 2.24) is 0 Å². The smallest absolute Gasteiger partial charge is 0.123 e. The second kappa shape index (κ2) is 4.02. The molecule has 64 valence electrons. The van der Waals surface area contributed by atoms with E-state index in [0.717, 1.165) is 0 Å². The van der Waals surface area contributed by atoms with Crippen LogP contribution in [0.3, 0.4) is 0 Å². The number of hydrogen-bond donors (Lipinski definition) is 1. The third-order valence-corrected chi connectivity index (χ3v) is 1.34. The molecule has 0 aliphatic rings. The van der Waals surface area contributed by atoms with E-state index in [4.69, 9.17) is 21.4 Å². The van der Waals surface area contributed by atoms with Crippen LogP contribution in [0.5, 0.6) is 11.5 Å². The van der Waals surface area contributed by atoms with E-state index in [1.165, 1.54) is 0 Å². The molecule has 0 aliphatic carbocycles. The number of rotatable bonds is 3. The lowest BCUT2D eigenvalue weighted by molar-refractivity contribution is 0.358. The monoisotopic (exact) mass is 184 g/mol. The van der Waals surface area contributed by atoms with Gasteiger partial charge >= 0.3 is 0 Å². The van der Waals surface area contributed by atoms with Crippen molar-refractivity contribution >= 4 is 11.6 Å². The lowest BCUT2D eigenvalue weighted by atomic mass is 10.3. The third kappa shape index (κ3) is 2.84. The van der Waals surface area contributed by atoms with Crippen molar-refractivity contribution in [3.63, 3.8) is 0 Å². The zero-order valence-corrected chi connectivity index (χ0v) is 7.21. The highest BCUT2D eigenvalue weighted by atomic mass is 35.5. The van der Waals surface area contributed by atoms with Crippen molar-refractivity contribution in [1.29, 1.82) is 0 Å². The summed E-state index contributed by atoms with van der Waals surface area (Å²) in [5.74, 6) is 0.877. The van der Waals surface area contributed by atoms with Gasteiger partial charge in [0.05, 0.1) is 0 Å². The van der Waals surface area contributed by atoms with Crippen LogP contribution < -0.4 is 4.74 Å². The van der Waals surface area contributed by atoms with E-state index in [1.54, 1.807) is 24.3 Å². The van der Waals surface area contributed by atoms with Crippen LogP contribution in [0.25, 0.3) is 0 Å². The van der Waals surface area contributed by atoms with Crippen LogP contribution in [-0.4, -0.2) is 11.7 Å². The maximum absolute atomic E-state index is 8.93. The van der Waals surface area contributed by atoms with E-state index < -0.39 is 0 Å². The Balaban J connectivity index is 2.53. The Morgan fingerprint density at radius 2 is 2.00 bits per heavy atom. The Bertz CT molecular complexity index is 266. The SMILES string of the molecule is C=C(Cl)COc1ccc(O)cc1. The molecule has 0 spiro atoms. The second-order valence-corrected chi connectivity index (χ2v) is 2.83. The molecule has 0 atom stereocenters. The van der Waals surface area contributed by atoms with Gasteiger partial charge in [-0.3, -0.25) is 0 Å². The minimum absolute atomic E-state index is 0.215. The van der Waals surface area contributed by atoms with E-state index in [1.807, 2.05) is 0 Å². The largest absolute Gasteiger partial charge is 0.508 e. The molecule has 12 heavy (non-hydrogen) atoms. The molecule has 0 heterocycles. The Hall–Kier alpha value is -1.15. The van der Waals surface area contributed by atoms with Crippen molar-refractivity contribution in [2.45, 2.75) is 0 Å². The maximum Gasteiger partial charge on any atom is 0.123 e. The summed E-state index contributed by atoms with van der Waals surface area (Å²) in [5, 5.41) is 9.38. The van der Waals surface area contributed by atoms with Crippen molar-refractivity contribution in [3.8, 4) is 11.5 Å². The van der Waals surface area contributed by atoms with Crippen molar-refractivity contribution in [2.75, 3.05) is 6.61 Å². The highest BCUT2D eigenvalue weighted by Gasteiger charge is 1.93. The normalized spacial score (nSPS) is 9.42. The number of phenols is 1. The first-order valence-electron chi connectivity index (χ1n) is 3.43. The molecule has 2 nitrogen and oxygen atoms in total. The van der Waals surface area contributed by atoms with Crippen LogP contribution in [0.15, 0.2) is 35.9 Å². The first-order chi connectivity index (χ1) is 5.68. The molecule has 3 heteroatoms. The summed E-state index contributed by atoms with van der Waals surface area (Å²) in [7, 11) is 0. The van der Waals surface area contributed by atoms with Crippen LogP contribution in [0.2, 0.25) is 0 Å². The van der Waals surface area contributed by atoms with Crippen LogP contribution in [0, 0.1) is 0 Å². The topological polar surface area (TPSA) is 29.5 Å². The molecule has 1 rings (SSSR count). The van der Waals surface area contributed by atoms with Crippen LogP contribution in [0.1, 0.15) is 0 Å². The molecular weight excluding hydrogens is 176 g/mol. The maximum atomic E-state index is 8.93. The van der Waals surface area contributed by atoms with Gasteiger partial charge in [-0.2, -0.15) is 0 Å². The average molecular weight is 185 g/mol. The predicted molar refractivity (Wildman–Crippen MR) is 48.6 cm³/mol. The third-order valence-electron chi connectivity index (χ3n) is 1.23. The van der Waals surface area contributed by atoms with E-state index in [0.29, 0.717) is 10.8 Å². The molecule has 0 fully saturated rings. The van der Waals surface area contributed by atoms with Gasteiger partial charge in [0, 0.05) is 5.03 Å². The molecular formula is C9H9ClO2. The molecule has 1 N–H and O–H groups in total. The number of halogens is 1. The molecule has 0 aromatic heterocycles. The van der Waals surface area contributed by atoms with Gasteiger partial charge in [0.25, 0.3) is 0 Å². The molecule has 0 saturated carbocycles. The fourth-order valence-electron chi connectivity index (χ4n) is 0.704. The Morgan fingerprint density at radius 1 is 1.42 bits per heavy atom. The quantitative estimate of drug-likeness (QED) is 0.782. The summed E-state index contributed by atoms with van der Waals surface area (Å²) in [5.41, 5.74) is 0. The average Bonchev–Trinajstić information content (AvgIpc) is 2.03. The fraction of sp³-hybridized carbons (Fsp3) is 0.111. The van der Waals surface area contributed by atoms with Gasteiger partial charge in [0.1, 0.15) is 18.1 Å². The first kappa shape index (κ1) is 8.94. The van der Waals surface area contributed by atoms with E-state index in [9.17, 15) is 0 Å². The molecule has 1 aromatic carbocycles. The molecule has 0 aliphatic heterocycles. The van der Waals surface area contributed by atoms with Gasteiger partial charge in [0.2, 0.25) is 0 Å². The van der Waals surface area contributed by atoms with Gasteiger partial charge in [-0.1, -0.05) is 18.2 Å². The molecule has 0 bridgehead atoms. The molecule has 0 amide bonds. The Labute approximate surface area is 76.0 Å². The lowest BCUT2D eigenvalue weighted by Crippen LogP contribution is -1.95. The first-order valence-corrected chi connectivity index (χ1v) is 3.81. The number of phenolic OH excluding ortho intramolecular Hbond substituents is 1. The summed E-state index contributed by atoms with van der Waals surface area (Å²) >= 11 is 5.49. The number of hydrogen-bond acceptors (Lipinski definition) is 2. The van der Waals surface area contributed by atoms with Crippen molar-refractivity contribution < 1.29 is 9.84 Å². The van der Waals surface area contributed by atoms with Crippen molar-refractivity contribution in [3.05, 3.63) is 35.9 Å². The number of ether oxygens (including phenoxy) is 1.